The van der Waals surface area contributed by atoms with Crippen LogP contribution >= 0.6 is 0 Å². The van der Waals surface area contributed by atoms with Gasteiger partial charge in [0.15, 0.2) is 0 Å². The average Bonchev–Trinajstić information content (AvgIpc) is 2.76. The lowest BCUT2D eigenvalue weighted by Gasteiger charge is -2.23. The molecule has 114 valence electrons. The molecule has 0 aliphatic heterocycles. The van der Waals surface area contributed by atoms with Gasteiger partial charge in [-0.3, -0.25) is 0 Å². The van der Waals surface area contributed by atoms with Crippen LogP contribution in [0.4, 0.5) is 0 Å². The highest BCUT2D eigenvalue weighted by atomic mass is 16.5. The number of para-hydroxylation sites is 1. The normalized spacial score (nSPS) is 11.9. The van der Waals surface area contributed by atoms with Crippen molar-refractivity contribution in [3.05, 3.63) is 47.3 Å². The number of aromatic nitrogens is 2. The third kappa shape index (κ3) is 3.71. The second-order valence-electron chi connectivity index (χ2n) is 5.96. The maximum atomic E-state index is 5.43. The van der Waals surface area contributed by atoms with Crippen LogP contribution in [0.2, 0.25) is 0 Å². The van der Waals surface area contributed by atoms with Crippen molar-refractivity contribution in [2.45, 2.75) is 39.8 Å². The van der Waals surface area contributed by atoms with E-state index in [0.29, 0.717) is 0 Å². The predicted octanol–water partition coefficient (Wildman–Crippen LogP) is 3.00. The monoisotopic (exact) mass is 287 g/mol. The molecule has 0 aliphatic rings. The predicted molar refractivity (Wildman–Crippen MR) is 85.8 cm³/mol. The van der Waals surface area contributed by atoms with Gasteiger partial charge in [0.25, 0.3) is 0 Å². The summed E-state index contributed by atoms with van der Waals surface area (Å²) in [6.45, 7) is 9.94. The van der Waals surface area contributed by atoms with Crippen LogP contribution in [-0.4, -0.2) is 29.0 Å². The topological polar surface area (TPSA) is 39.1 Å². The number of ether oxygens (including phenoxy) is 1. The van der Waals surface area contributed by atoms with E-state index >= 15 is 0 Å². The fourth-order valence-corrected chi connectivity index (χ4v) is 2.31. The molecule has 1 heterocycles. The van der Waals surface area contributed by atoms with Crippen molar-refractivity contribution >= 4 is 0 Å². The van der Waals surface area contributed by atoms with Crippen LogP contribution in [0, 0.1) is 13.8 Å². The second-order valence-corrected chi connectivity index (χ2v) is 5.96. The number of nitrogens with one attached hydrogen (secondary N) is 1. The smallest absolute Gasteiger partial charge is 0.0746 e. The van der Waals surface area contributed by atoms with Crippen molar-refractivity contribution in [2.24, 2.45) is 0 Å². The molecule has 1 N–H and O–H groups in total. The maximum Gasteiger partial charge on any atom is 0.0746 e. The quantitative estimate of drug-likeness (QED) is 0.887. The third-order valence-corrected chi connectivity index (χ3v) is 3.85. The highest BCUT2D eigenvalue weighted by molar-refractivity contribution is 5.36. The highest BCUT2D eigenvalue weighted by Crippen LogP contribution is 2.18. The van der Waals surface area contributed by atoms with Gasteiger partial charge in [-0.25, -0.2) is 4.68 Å². The molecule has 4 heteroatoms. The van der Waals surface area contributed by atoms with Gasteiger partial charge >= 0.3 is 0 Å². The zero-order chi connectivity index (χ0) is 15.5. The number of methoxy groups -OCH3 is 1. The summed E-state index contributed by atoms with van der Waals surface area (Å²) in [6.07, 6.45) is 0. The lowest BCUT2D eigenvalue weighted by Crippen LogP contribution is -2.36. The first-order valence-corrected chi connectivity index (χ1v) is 7.31. The van der Waals surface area contributed by atoms with Crippen LogP contribution in [0.5, 0.6) is 0 Å². The first-order valence-electron chi connectivity index (χ1n) is 7.31. The lowest BCUT2D eigenvalue weighted by molar-refractivity contribution is 0.0230. The molecule has 1 aromatic heterocycles. The van der Waals surface area contributed by atoms with Crippen molar-refractivity contribution in [3.63, 3.8) is 0 Å². The molecular formula is C17H25N3O. The number of hydrogen-bond acceptors (Lipinski definition) is 3. The second kappa shape index (κ2) is 6.41. The van der Waals surface area contributed by atoms with Crippen LogP contribution in [-0.2, 0) is 11.3 Å². The molecule has 0 aliphatic carbocycles. The van der Waals surface area contributed by atoms with E-state index in [0.717, 1.165) is 24.5 Å². The van der Waals surface area contributed by atoms with Crippen molar-refractivity contribution in [1.82, 2.24) is 15.1 Å². The Morgan fingerprint density at radius 2 is 1.86 bits per heavy atom. The molecule has 0 bridgehead atoms. The van der Waals surface area contributed by atoms with Crippen molar-refractivity contribution in [3.8, 4) is 5.69 Å². The van der Waals surface area contributed by atoms with Gasteiger partial charge in [-0.15, -0.1) is 0 Å². The fourth-order valence-electron chi connectivity index (χ4n) is 2.31. The Hall–Kier alpha value is -1.65. The van der Waals surface area contributed by atoms with Crippen LogP contribution in [0.1, 0.15) is 30.8 Å². The Labute approximate surface area is 127 Å². The standard InChI is InChI=1S/C17H25N3O/c1-13-16(11-18-12-17(3,4)21-5)14(2)20(19-13)15-9-7-6-8-10-15/h6-10,18H,11-12H2,1-5H3. The summed E-state index contributed by atoms with van der Waals surface area (Å²) in [5, 5.41) is 8.12. The van der Waals surface area contributed by atoms with Gasteiger partial charge in [-0.1, -0.05) is 18.2 Å². The maximum absolute atomic E-state index is 5.43. The highest BCUT2D eigenvalue weighted by Gasteiger charge is 2.17. The van der Waals surface area contributed by atoms with Gasteiger partial charge in [0.2, 0.25) is 0 Å². The summed E-state index contributed by atoms with van der Waals surface area (Å²) in [4.78, 5) is 0. The summed E-state index contributed by atoms with van der Waals surface area (Å²) in [7, 11) is 1.74. The summed E-state index contributed by atoms with van der Waals surface area (Å²) in [6, 6.07) is 10.2. The Morgan fingerprint density at radius 3 is 2.48 bits per heavy atom. The van der Waals surface area contributed by atoms with E-state index in [1.54, 1.807) is 7.11 Å². The largest absolute Gasteiger partial charge is 0.377 e. The van der Waals surface area contributed by atoms with Crippen LogP contribution < -0.4 is 5.32 Å². The molecule has 0 radical (unpaired) electrons. The zero-order valence-corrected chi connectivity index (χ0v) is 13.6. The molecule has 0 atom stereocenters. The van der Waals surface area contributed by atoms with E-state index < -0.39 is 0 Å². The van der Waals surface area contributed by atoms with Gasteiger partial charge in [0, 0.05) is 31.5 Å². The molecule has 2 rings (SSSR count). The molecule has 0 saturated carbocycles. The minimum absolute atomic E-state index is 0.156. The summed E-state index contributed by atoms with van der Waals surface area (Å²) >= 11 is 0. The van der Waals surface area contributed by atoms with Gasteiger partial charge < -0.3 is 10.1 Å². The Morgan fingerprint density at radius 1 is 1.19 bits per heavy atom. The number of hydrogen-bond donors (Lipinski definition) is 1. The molecule has 0 saturated heterocycles. The summed E-state index contributed by atoms with van der Waals surface area (Å²) in [5.41, 5.74) is 4.45. The Balaban J connectivity index is 2.13. The first-order chi connectivity index (χ1) is 9.94. The van der Waals surface area contributed by atoms with E-state index in [9.17, 15) is 0 Å². The number of rotatable bonds is 6. The van der Waals surface area contributed by atoms with Gasteiger partial charge in [0.1, 0.15) is 0 Å². The van der Waals surface area contributed by atoms with Gasteiger partial charge in [-0.05, 0) is 39.8 Å². The summed E-state index contributed by atoms with van der Waals surface area (Å²) in [5.74, 6) is 0. The molecular weight excluding hydrogens is 262 g/mol. The van der Waals surface area contributed by atoms with E-state index in [-0.39, 0.29) is 5.60 Å². The molecule has 0 spiro atoms. The minimum Gasteiger partial charge on any atom is -0.377 e. The molecule has 21 heavy (non-hydrogen) atoms. The van der Waals surface area contributed by atoms with E-state index in [1.807, 2.05) is 22.9 Å². The molecule has 0 unspecified atom stereocenters. The van der Waals surface area contributed by atoms with E-state index in [4.69, 9.17) is 4.74 Å². The molecule has 4 nitrogen and oxygen atoms in total. The van der Waals surface area contributed by atoms with Crippen LogP contribution in [0.25, 0.3) is 5.69 Å². The van der Waals surface area contributed by atoms with Crippen molar-refractivity contribution < 1.29 is 4.74 Å². The Kier molecular flexibility index (Phi) is 4.80. The zero-order valence-electron chi connectivity index (χ0n) is 13.6. The number of aryl methyl sites for hydroxylation is 1. The number of nitrogens with zero attached hydrogens (tertiary/aromatic N) is 2. The Bertz CT molecular complexity index is 588. The third-order valence-electron chi connectivity index (χ3n) is 3.85. The number of benzene rings is 1. The van der Waals surface area contributed by atoms with E-state index in [2.05, 4.69) is 50.2 Å². The molecule has 0 amide bonds. The molecule has 2 aromatic rings. The van der Waals surface area contributed by atoms with Crippen molar-refractivity contribution in [1.29, 1.82) is 0 Å². The van der Waals surface area contributed by atoms with Gasteiger partial charge in [0.05, 0.1) is 17.0 Å². The van der Waals surface area contributed by atoms with Crippen LogP contribution in [0.15, 0.2) is 30.3 Å². The summed E-state index contributed by atoms with van der Waals surface area (Å²) < 4.78 is 7.44. The fraction of sp³-hybridized carbons (Fsp3) is 0.471. The van der Waals surface area contributed by atoms with Crippen LogP contribution in [0.3, 0.4) is 0 Å². The molecule has 1 aromatic carbocycles. The van der Waals surface area contributed by atoms with Gasteiger partial charge in [-0.2, -0.15) is 5.10 Å². The van der Waals surface area contributed by atoms with Crippen molar-refractivity contribution in [2.75, 3.05) is 13.7 Å². The first kappa shape index (κ1) is 15.7. The average molecular weight is 287 g/mol. The lowest BCUT2D eigenvalue weighted by atomic mass is 10.1. The molecule has 0 fully saturated rings. The minimum atomic E-state index is -0.156. The van der Waals surface area contributed by atoms with E-state index in [1.165, 1.54) is 11.3 Å². The SMILES string of the molecule is COC(C)(C)CNCc1c(C)nn(-c2ccccc2)c1C.